The van der Waals surface area contributed by atoms with Gasteiger partial charge >= 0.3 is 0 Å². The van der Waals surface area contributed by atoms with Crippen LogP contribution in [-0.2, 0) is 4.79 Å². The average molecular weight is 383 g/mol. The first-order chi connectivity index (χ1) is 10.8. The molecule has 0 saturated heterocycles. The summed E-state index contributed by atoms with van der Waals surface area (Å²) in [7, 11) is 0. The third-order valence-corrected chi connectivity index (χ3v) is 8.74. The molecule has 3 saturated carbocycles. The standard InChI is InChI=1S/C19H27BrO3/c1-18-6-5-13-11(12(18)3-4-16(18)22)9-15(20)14-7-10(21)8-17(23)19(13,14)2/h10-13,17,21,23H,3-9H2,1-2H3/t10-,11+,12+,13+,17-,18+,19-/m1/s1. The fourth-order valence-corrected chi connectivity index (χ4v) is 7.50. The average Bonchev–Trinajstić information content (AvgIpc) is 2.78. The zero-order valence-electron chi connectivity index (χ0n) is 14.0. The van der Waals surface area contributed by atoms with E-state index in [4.69, 9.17) is 0 Å². The molecule has 0 aromatic heterocycles. The first-order valence-electron chi connectivity index (χ1n) is 9.06. The Bertz CT molecular complexity index is 585. The second kappa shape index (κ2) is 5.15. The smallest absolute Gasteiger partial charge is 0.139 e. The topological polar surface area (TPSA) is 57.5 Å². The summed E-state index contributed by atoms with van der Waals surface area (Å²) in [5.74, 6) is 1.83. The second-order valence-electron chi connectivity index (χ2n) is 8.77. The van der Waals surface area contributed by atoms with Gasteiger partial charge in [-0.25, -0.2) is 0 Å². The fraction of sp³-hybridized carbons (Fsp3) is 0.842. The van der Waals surface area contributed by atoms with Gasteiger partial charge in [0.1, 0.15) is 5.78 Å². The van der Waals surface area contributed by atoms with Gasteiger partial charge in [0.25, 0.3) is 0 Å². The summed E-state index contributed by atoms with van der Waals surface area (Å²) < 4.78 is 1.18. The van der Waals surface area contributed by atoms with E-state index in [1.807, 2.05) is 0 Å². The van der Waals surface area contributed by atoms with Gasteiger partial charge in [0, 0.05) is 23.7 Å². The molecule has 0 unspecified atom stereocenters. The number of hydrogen-bond acceptors (Lipinski definition) is 3. The van der Waals surface area contributed by atoms with Crippen LogP contribution >= 0.6 is 15.9 Å². The Hall–Kier alpha value is -0.190. The Labute approximate surface area is 146 Å². The van der Waals surface area contributed by atoms with Crippen LogP contribution in [0.15, 0.2) is 10.1 Å². The van der Waals surface area contributed by atoms with Crippen LogP contribution in [0.5, 0.6) is 0 Å². The molecule has 0 heterocycles. The number of aliphatic hydroxyl groups excluding tert-OH is 2. The quantitative estimate of drug-likeness (QED) is 0.673. The van der Waals surface area contributed by atoms with E-state index >= 15 is 0 Å². The lowest BCUT2D eigenvalue weighted by Crippen LogP contribution is -2.56. The molecular weight excluding hydrogens is 356 g/mol. The van der Waals surface area contributed by atoms with E-state index in [1.54, 1.807) is 0 Å². The van der Waals surface area contributed by atoms with Gasteiger partial charge in [-0.3, -0.25) is 4.79 Å². The van der Waals surface area contributed by atoms with Crippen molar-refractivity contribution >= 4 is 21.7 Å². The predicted octanol–water partition coefficient (Wildman–Crippen LogP) is 3.57. The maximum atomic E-state index is 12.5. The molecule has 23 heavy (non-hydrogen) atoms. The molecule has 4 rings (SSSR count). The summed E-state index contributed by atoms with van der Waals surface area (Å²) in [6, 6.07) is 0. The third-order valence-electron chi connectivity index (χ3n) is 7.94. The van der Waals surface area contributed by atoms with E-state index in [-0.39, 0.29) is 10.8 Å². The van der Waals surface area contributed by atoms with Crippen LogP contribution in [0.1, 0.15) is 58.8 Å². The minimum Gasteiger partial charge on any atom is -0.393 e. The van der Waals surface area contributed by atoms with Crippen molar-refractivity contribution in [3.8, 4) is 0 Å². The van der Waals surface area contributed by atoms with Crippen molar-refractivity contribution in [1.29, 1.82) is 0 Å². The van der Waals surface area contributed by atoms with Crippen LogP contribution in [0.2, 0.25) is 0 Å². The van der Waals surface area contributed by atoms with Crippen LogP contribution in [0.3, 0.4) is 0 Å². The first kappa shape index (κ1) is 16.3. The Morgan fingerprint density at radius 2 is 1.87 bits per heavy atom. The van der Waals surface area contributed by atoms with Crippen LogP contribution in [0, 0.1) is 28.6 Å². The van der Waals surface area contributed by atoms with E-state index in [0.717, 1.165) is 32.1 Å². The van der Waals surface area contributed by atoms with E-state index < -0.39 is 12.2 Å². The highest BCUT2D eigenvalue weighted by molar-refractivity contribution is 9.11. The molecule has 3 fully saturated rings. The van der Waals surface area contributed by atoms with Crippen LogP contribution in [-0.4, -0.2) is 28.2 Å². The van der Waals surface area contributed by atoms with Crippen molar-refractivity contribution in [3.63, 3.8) is 0 Å². The summed E-state index contributed by atoms with van der Waals surface area (Å²) in [5.41, 5.74) is 0.855. The molecule has 0 aromatic carbocycles. The highest BCUT2D eigenvalue weighted by Crippen LogP contribution is 2.65. The van der Waals surface area contributed by atoms with Gasteiger partial charge in [-0.2, -0.15) is 0 Å². The van der Waals surface area contributed by atoms with Crippen molar-refractivity contribution in [1.82, 2.24) is 0 Å². The van der Waals surface area contributed by atoms with Gasteiger partial charge in [-0.05, 0) is 59.9 Å². The normalized spacial score (nSPS) is 52.9. The molecule has 128 valence electrons. The molecule has 0 aromatic rings. The maximum absolute atomic E-state index is 12.5. The van der Waals surface area contributed by atoms with E-state index in [1.165, 1.54) is 10.1 Å². The van der Waals surface area contributed by atoms with Gasteiger partial charge in [0.2, 0.25) is 0 Å². The lowest BCUT2D eigenvalue weighted by atomic mass is 9.47. The minimum absolute atomic E-state index is 0.137. The van der Waals surface area contributed by atoms with Crippen molar-refractivity contribution in [2.75, 3.05) is 0 Å². The molecule has 0 aliphatic heterocycles. The van der Waals surface area contributed by atoms with Crippen LogP contribution in [0.4, 0.5) is 0 Å². The number of hydrogen-bond donors (Lipinski definition) is 2. The molecule has 0 amide bonds. The molecule has 4 heteroatoms. The highest BCUT2D eigenvalue weighted by atomic mass is 79.9. The highest BCUT2D eigenvalue weighted by Gasteiger charge is 2.61. The molecule has 7 atom stereocenters. The largest absolute Gasteiger partial charge is 0.393 e. The fourth-order valence-electron chi connectivity index (χ4n) is 6.53. The van der Waals surface area contributed by atoms with Gasteiger partial charge in [-0.1, -0.05) is 29.8 Å². The van der Waals surface area contributed by atoms with Crippen LogP contribution < -0.4 is 0 Å². The zero-order chi connectivity index (χ0) is 16.6. The Morgan fingerprint density at radius 3 is 2.61 bits per heavy atom. The Balaban J connectivity index is 1.77. The number of rotatable bonds is 0. The number of Topliss-reactive ketones (excluding diaryl/α,β-unsaturated/α-hetero) is 1. The molecule has 0 spiro atoms. The van der Waals surface area contributed by atoms with Gasteiger partial charge in [0.05, 0.1) is 12.2 Å². The molecule has 4 aliphatic rings. The lowest BCUT2D eigenvalue weighted by molar-refractivity contribution is -0.135. The van der Waals surface area contributed by atoms with Crippen molar-refractivity contribution < 1.29 is 15.0 Å². The van der Waals surface area contributed by atoms with Crippen molar-refractivity contribution in [3.05, 3.63) is 10.1 Å². The number of carbonyl (C=O) groups excluding carboxylic acids is 1. The maximum Gasteiger partial charge on any atom is 0.139 e. The van der Waals surface area contributed by atoms with Gasteiger partial charge < -0.3 is 10.2 Å². The molecule has 0 bridgehead atoms. The zero-order valence-corrected chi connectivity index (χ0v) is 15.6. The third kappa shape index (κ3) is 2.04. The number of carbonyl (C=O) groups is 1. The lowest BCUT2D eigenvalue weighted by Gasteiger charge is -2.58. The summed E-state index contributed by atoms with van der Waals surface area (Å²) in [5, 5.41) is 21.0. The predicted molar refractivity (Wildman–Crippen MR) is 92.0 cm³/mol. The monoisotopic (exact) mass is 382 g/mol. The number of ketones is 1. The number of aliphatic hydroxyl groups is 2. The first-order valence-corrected chi connectivity index (χ1v) is 9.85. The van der Waals surface area contributed by atoms with E-state index in [9.17, 15) is 15.0 Å². The molecule has 0 radical (unpaired) electrons. The SMILES string of the molecule is C[C@]12C(=C(Br)C[C@@H]3[C@@H]1CC[C@]1(C)C(=O)CC[C@@H]31)C[C@@H](O)C[C@H]2O. The van der Waals surface area contributed by atoms with E-state index in [2.05, 4.69) is 29.8 Å². The summed E-state index contributed by atoms with van der Waals surface area (Å²) >= 11 is 3.78. The molecule has 4 aliphatic carbocycles. The Kier molecular flexibility index (Phi) is 3.65. The number of halogens is 1. The molecule has 3 nitrogen and oxygen atoms in total. The van der Waals surface area contributed by atoms with E-state index in [0.29, 0.717) is 36.4 Å². The molecule has 2 N–H and O–H groups in total. The van der Waals surface area contributed by atoms with Gasteiger partial charge in [0.15, 0.2) is 0 Å². The van der Waals surface area contributed by atoms with Crippen molar-refractivity contribution in [2.45, 2.75) is 71.0 Å². The molecular formula is C19H27BrO3. The summed E-state index contributed by atoms with van der Waals surface area (Å²) in [4.78, 5) is 12.5. The second-order valence-corrected chi connectivity index (χ2v) is 9.73. The van der Waals surface area contributed by atoms with Crippen LogP contribution in [0.25, 0.3) is 0 Å². The number of fused-ring (bicyclic) bond motifs is 5. The number of allylic oxidation sites excluding steroid dienone is 1. The summed E-state index contributed by atoms with van der Waals surface area (Å²) in [6.07, 6.45) is 4.95. The van der Waals surface area contributed by atoms with Gasteiger partial charge in [-0.15, -0.1) is 0 Å². The Morgan fingerprint density at radius 1 is 1.13 bits per heavy atom. The van der Waals surface area contributed by atoms with Crippen molar-refractivity contribution in [2.24, 2.45) is 28.6 Å². The minimum atomic E-state index is -0.483. The summed E-state index contributed by atoms with van der Waals surface area (Å²) in [6.45, 7) is 4.39.